The molecular formula is C21H27N3O. The Kier molecular flexibility index (Phi) is 5.39. The number of benzene rings is 2. The standard InChI is InChI=1S/C21H27N3O/c1-15-6-4-7-18(12-15)25-11-10-24-20-14-17(3)16(2)13-19(20)23-21(24)8-5-9-22/h4,6-7,12-14H,5,8-11,22H2,1-3H3. The molecule has 0 radical (unpaired) electrons. The van der Waals surface area contributed by atoms with E-state index in [4.69, 9.17) is 15.5 Å². The maximum absolute atomic E-state index is 5.95. The molecule has 0 spiro atoms. The van der Waals surface area contributed by atoms with Gasteiger partial charge in [0.15, 0.2) is 0 Å². The van der Waals surface area contributed by atoms with Crippen LogP contribution in [0.25, 0.3) is 11.0 Å². The van der Waals surface area contributed by atoms with E-state index in [9.17, 15) is 0 Å². The van der Waals surface area contributed by atoms with Gasteiger partial charge in [-0.1, -0.05) is 12.1 Å². The lowest BCUT2D eigenvalue weighted by Crippen LogP contribution is -2.12. The van der Waals surface area contributed by atoms with Crippen LogP contribution in [0.1, 0.15) is 28.9 Å². The first-order chi connectivity index (χ1) is 12.1. The normalized spacial score (nSPS) is 11.2. The van der Waals surface area contributed by atoms with Gasteiger partial charge in [-0.05, 0) is 74.7 Å². The summed E-state index contributed by atoms with van der Waals surface area (Å²) in [6, 6.07) is 12.6. The second-order valence-electron chi connectivity index (χ2n) is 6.66. The van der Waals surface area contributed by atoms with Crippen molar-refractivity contribution in [3.63, 3.8) is 0 Å². The number of nitrogens with two attached hydrogens (primary N) is 1. The monoisotopic (exact) mass is 337 g/mol. The number of aromatic nitrogens is 2. The lowest BCUT2D eigenvalue weighted by atomic mass is 10.1. The summed E-state index contributed by atoms with van der Waals surface area (Å²) in [6.07, 6.45) is 1.84. The van der Waals surface area contributed by atoms with Gasteiger partial charge in [-0.2, -0.15) is 0 Å². The Morgan fingerprint density at radius 3 is 2.64 bits per heavy atom. The van der Waals surface area contributed by atoms with Crippen LogP contribution in [0.3, 0.4) is 0 Å². The van der Waals surface area contributed by atoms with E-state index in [1.54, 1.807) is 0 Å². The molecule has 4 nitrogen and oxygen atoms in total. The van der Waals surface area contributed by atoms with Gasteiger partial charge in [-0.25, -0.2) is 4.98 Å². The third kappa shape index (κ3) is 4.02. The maximum Gasteiger partial charge on any atom is 0.119 e. The topological polar surface area (TPSA) is 53.1 Å². The highest BCUT2D eigenvalue weighted by atomic mass is 16.5. The molecule has 1 aromatic heterocycles. The Morgan fingerprint density at radius 1 is 1.08 bits per heavy atom. The van der Waals surface area contributed by atoms with Crippen LogP contribution in [0.15, 0.2) is 36.4 Å². The Balaban J connectivity index is 1.83. The molecule has 0 saturated heterocycles. The van der Waals surface area contributed by atoms with Crippen LogP contribution in [-0.2, 0) is 13.0 Å². The second kappa shape index (κ2) is 7.70. The first-order valence-electron chi connectivity index (χ1n) is 8.94. The second-order valence-corrected chi connectivity index (χ2v) is 6.66. The molecule has 0 aliphatic heterocycles. The highest BCUT2D eigenvalue weighted by Crippen LogP contribution is 2.22. The summed E-state index contributed by atoms with van der Waals surface area (Å²) in [5, 5.41) is 0. The van der Waals surface area contributed by atoms with Crippen molar-refractivity contribution in [3.05, 3.63) is 58.9 Å². The van der Waals surface area contributed by atoms with Crippen LogP contribution in [-0.4, -0.2) is 22.7 Å². The Hall–Kier alpha value is -2.33. The van der Waals surface area contributed by atoms with Crippen LogP contribution in [0.4, 0.5) is 0 Å². The van der Waals surface area contributed by atoms with Crippen molar-refractivity contribution in [2.75, 3.05) is 13.2 Å². The minimum atomic E-state index is 0.622. The summed E-state index contributed by atoms with van der Waals surface area (Å²) in [4.78, 5) is 4.84. The van der Waals surface area contributed by atoms with Crippen molar-refractivity contribution in [2.45, 2.75) is 40.2 Å². The van der Waals surface area contributed by atoms with E-state index in [0.29, 0.717) is 13.2 Å². The largest absolute Gasteiger partial charge is 0.492 e. The van der Waals surface area contributed by atoms with E-state index in [1.807, 2.05) is 12.1 Å². The van der Waals surface area contributed by atoms with E-state index >= 15 is 0 Å². The molecule has 0 amide bonds. The van der Waals surface area contributed by atoms with Crippen LogP contribution in [0, 0.1) is 20.8 Å². The van der Waals surface area contributed by atoms with Crippen molar-refractivity contribution in [1.29, 1.82) is 0 Å². The molecule has 2 N–H and O–H groups in total. The van der Waals surface area contributed by atoms with Gasteiger partial charge in [0, 0.05) is 6.42 Å². The zero-order valence-corrected chi connectivity index (χ0v) is 15.4. The van der Waals surface area contributed by atoms with Gasteiger partial charge in [-0.3, -0.25) is 0 Å². The van der Waals surface area contributed by atoms with E-state index in [0.717, 1.165) is 36.5 Å². The van der Waals surface area contributed by atoms with Gasteiger partial charge in [0.25, 0.3) is 0 Å². The van der Waals surface area contributed by atoms with E-state index < -0.39 is 0 Å². The van der Waals surface area contributed by atoms with Gasteiger partial charge in [0.2, 0.25) is 0 Å². The minimum absolute atomic E-state index is 0.622. The lowest BCUT2D eigenvalue weighted by Gasteiger charge is -2.11. The third-order valence-corrected chi connectivity index (χ3v) is 4.62. The molecule has 132 valence electrons. The molecule has 4 heteroatoms. The first kappa shape index (κ1) is 17.5. The van der Waals surface area contributed by atoms with Gasteiger partial charge in [-0.15, -0.1) is 0 Å². The Bertz CT molecular complexity index is 867. The Morgan fingerprint density at radius 2 is 1.88 bits per heavy atom. The van der Waals surface area contributed by atoms with E-state index in [1.165, 1.54) is 22.2 Å². The third-order valence-electron chi connectivity index (χ3n) is 4.62. The fourth-order valence-corrected chi connectivity index (χ4v) is 3.09. The molecule has 3 rings (SSSR count). The summed E-state index contributed by atoms with van der Waals surface area (Å²) >= 11 is 0. The summed E-state index contributed by atoms with van der Waals surface area (Å²) < 4.78 is 8.23. The summed E-state index contributed by atoms with van der Waals surface area (Å²) in [5.74, 6) is 2.01. The number of aryl methyl sites for hydroxylation is 4. The quantitative estimate of drug-likeness (QED) is 0.710. The van der Waals surface area contributed by atoms with Gasteiger partial charge in [0.1, 0.15) is 18.2 Å². The average Bonchev–Trinajstić information content (AvgIpc) is 2.90. The van der Waals surface area contributed by atoms with Crippen molar-refractivity contribution < 1.29 is 4.74 Å². The number of nitrogens with zero attached hydrogens (tertiary/aromatic N) is 2. The molecule has 0 saturated carbocycles. The van der Waals surface area contributed by atoms with Crippen molar-refractivity contribution >= 4 is 11.0 Å². The molecular weight excluding hydrogens is 310 g/mol. The summed E-state index contributed by atoms with van der Waals surface area (Å²) in [6.45, 7) is 8.45. The molecule has 0 aliphatic carbocycles. The molecule has 1 heterocycles. The molecule has 2 aromatic carbocycles. The van der Waals surface area contributed by atoms with Crippen molar-refractivity contribution in [1.82, 2.24) is 9.55 Å². The highest BCUT2D eigenvalue weighted by molar-refractivity contribution is 5.78. The smallest absolute Gasteiger partial charge is 0.119 e. The predicted octanol–water partition coefficient (Wildman–Crippen LogP) is 3.93. The van der Waals surface area contributed by atoms with Gasteiger partial charge >= 0.3 is 0 Å². The highest BCUT2D eigenvalue weighted by Gasteiger charge is 2.12. The summed E-state index contributed by atoms with van der Waals surface area (Å²) in [7, 11) is 0. The van der Waals surface area contributed by atoms with Crippen LogP contribution >= 0.6 is 0 Å². The molecule has 0 unspecified atom stereocenters. The SMILES string of the molecule is Cc1cccc(OCCn2c(CCCN)nc3cc(C)c(C)cc32)c1. The number of hydrogen-bond donors (Lipinski definition) is 1. The zero-order chi connectivity index (χ0) is 17.8. The number of imidazole rings is 1. The molecule has 3 aromatic rings. The fourth-order valence-electron chi connectivity index (χ4n) is 3.09. The number of fused-ring (bicyclic) bond motifs is 1. The molecule has 0 aliphatic rings. The maximum atomic E-state index is 5.95. The molecule has 0 fully saturated rings. The first-order valence-corrected chi connectivity index (χ1v) is 8.94. The summed E-state index contributed by atoms with van der Waals surface area (Å²) in [5.41, 5.74) is 11.7. The van der Waals surface area contributed by atoms with Crippen LogP contribution < -0.4 is 10.5 Å². The lowest BCUT2D eigenvalue weighted by molar-refractivity contribution is 0.298. The Labute approximate surface area is 149 Å². The minimum Gasteiger partial charge on any atom is -0.492 e. The van der Waals surface area contributed by atoms with E-state index in [-0.39, 0.29) is 0 Å². The fraction of sp³-hybridized carbons (Fsp3) is 0.381. The molecule has 0 atom stereocenters. The van der Waals surface area contributed by atoms with Crippen molar-refractivity contribution in [3.8, 4) is 5.75 Å². The van der Waals surface area contributed by atoms with Crippen molar-refractivity contribution in [2.24, 2.45) is 5.73 Å². The zero-order valence-electron chi connectivity index (χ0n) is 15.4. The predicted molar refractivity (Wildman–Crippen MR) is 103 cm³/mol. The molecule has 0 bridgehead atoms. The van der Waals surface area contributed by atoms with Crippen LogP contribution in [0.5, 0.6) is 5.75 Å². The number of ether oxygens (including phenoxy) is 1. The van der Waals surface area contributed by atoms with E-state index in [2.05, 4.69) is 49.6 Å². The molecule has 25 heavy (non-hydrogen) atoms. The average molecular weight is 337 g/mol. The van der Waals surface area contributed by atoms with Crippen LogP contribution in [0.2, 0.25) is 0 Å². The van der Waals surface area contributed by atoms with Gasteiger partial charge in [0.05, 0.1) is 17.6 Å². The van der Waals surface area contributed by atoms with Gasteiger partial charge < -0.3 is 15.0 Å². The number of hydrogen-bond acceptors (Lipinski definition) is 3. The number of rotatable bonds is 7.